The summed E-state index contributed by atoms with van der Waals surface area (Å²) in [6.45, 7) is 0.446. The SMILES string of the molecule is COc1ccc(-c2ccccc2Cl)cc1CN.Cl. The van der Waals surface area contributed by atoms with E-state index in [1.807, 2.05) is 42.5 Å². The predicted molar refractivity (Wildman–Crippen MR) is 78.6 cm³/mol. The largest absolute Gasteiger partial charge is 0.496 e. The van der Waals surface area contributed by atoms with Crippen LogP contribution in [0, 0.1) is 0 Å². The zero-order valence-electron chi connectivity index (χ0n) is 10.0. The summed E-state index contributed by atoms with van der Waals surface area (Å²) in [6, 6.07) is 13.7. The van der Waals surface area contributed by atoms with Gasteiger partial charge in [0.25, 0.3) is 0 Å². The molecule has 0 unspecified atom stereocenters. The number of nitrogens with two attached hydrogens (primary N) is 1. The lowest BCUT2D eigenvalue weighted by molar-refractivity contribution is 0.410. The van der Waals surface area contributed by atoms with E-state index in [9.17, 15) is 0 Å². The molecule has 0 amide bonds. The molecule has 2 N–H and O–H groups in total. The quantitative estimate of drug-likeness (QED) is 0.927. The van der Waals surface area contributed by atoms with E-state index in [0.717, 1.165) is 27.5 Å². The van der Waals surface area contributed by atoms with Gasteiger partial charge in [0.2, 0.25) is 0 Å². The molecule has 0 aromatic heterocycles. The lowest BCUT2D eigenvalue weighted by Gasteiger charge is -2.10. The Kier molecular flexibility index (Phi) is 5.48. The van der Waals surface area contributed by atoms with Crippen molar-refractivity contribution >= 4 is 24.0 Å². The van der Waals surface area contributed by atoms with E-state index in [1.54, 1.807) is 7.11 Å². The lowest BCUT2D eigenvalue weighted by Crippen LogP contribution is -2.00. The number of halogens is 2. The van der Waals surface area contributed by atoms with E-state index in [2.05, 4.69) is 0 Å². The van der Waals surface area contributed by atoms with Crippen LogP contribution in [0.1, 0.15) is 5.56 Å². The molecule has 2 rings (SSSR count). The first kappa shape index (κ1) is 14.8. The van der Waals surface area contributed by atoms with Crippen molar-refractivity contribution in [3.63, 3.8) is 0 Å². The molecule has 18 heavy (non-hydrogen) atoms. The molecule has 0 saturated heterocycles. The van der Waals surface area contributed by atoms with Crippen LogP contribution in [0.3, 0.4) is 0 Å². The normalized spacial score (nSPS) is 9.72. The van der Waals surface area contributed by atoms with Crippen LogP contribution < -0.4 is 10.5 Å². The van der Waals surface area contributed by atoms with Crippen molar-refractivity contribution in [3.05, 3.63) is 53.1 Å². The third-order valence-corrected chi connectivity index (χ3v) is 3.01. The fraction of sp³-hybridized carbons (Fsp3) is 0.143. The smallest absolute Gasteiger partial charge is 0.123 e. The first-order valence-electron chi connectivity index (χ1n) is 5.38. The Labute approximate surface area is 118 Å². The number of benzene rings is 2. The molecular formula is C14H15Cl2NO. The monoisotopic (exact) mass is 283 g/mol. The van der Waals surface area contributed by atoms with E-state index in [0.29, 0.717) is 6.54 Å². The fourth-order valence-electron chi connectivity index (χ4n) is 1.80. The first-order valence-corrected chi connectivity index (χ1v) is 5.76. The second-order valence-electron chi connectivity index (χ2n) is 3.71. The van der Waals surface area contributed by atoms with Gasteiger partial charge in [-0.15, -0.1) is 12.4 Å². The van der Waals surface area contributed by atoms with Gasteiger partial charge in [0, 0.05) is 22.7 Å². The maximum absolute atomic E-state index is 6.17. The summed E-state index contributed by atoms with van der Waals surface area (Å²) in [5.74, 6) is 0.809. The number of rotatable bonds is 3. The molecule has 0 aliphatic rings. The van der Waals surface area contributed by atoms with Gasteiger partial charge in [0.15, 0.2) is 0 Å². The second kappa shape index (κ2) is 6.64. The van der Waals surface area contributed by atoms with Gasteiger partial charge in [-0.3, -0.25) is 0 Å². The highest BCUT2D eigenvalue weighted by Gasteiger charge is 2.06. The molecule has 2 aromatic carbocycles. The van der Waals surface area contributed by atoms with Crippen molar-refractivity contribution in [2.24, 2.45) is 5.73 Å². The molecule has 0 spiro atoms. The summed E-state index contributed by atoms with van der Waals surface area (Å²) >= 11 is 6.17. The van der Waals surface area contributed by atoms with Crippen molar-refractivity contribution in [3.8, 4) is 16.9 Å². The van der Waals surface area contributed by atoms with Crippen LogP contribution in [-0.2, 0) is 6.54 Å². The van der Waals surface area contributed by atoms with Crippen molar-refractivity contribution in [2.75, 3.05) is 7.11 Å². The van der Waals surface area contributed by atoms with Gasteiger partial charge in [-0.05, 0) is 23.8 Å². The van der Waals surface area contributed by atoms with Crippen LogP contribution >= 0.6 is 24.0 Å². The summed E-state index contributed by atoms with van der Waals surface area (Å²) in [5, 5.41) is 0.737. The lowest BCUT2D eigenvalue weighted by atomic mass is 10.0. The standard InChI is InChI=1S/C14H14ClNO.ClH/c1-17-14-7-6-10(8-11(14)9-16)12-4-2-3-5-13(12)15;/h2-8H,9,16H2,1H3;1H. The summed E-state index contributed by atoms with van der Waals surface area (Å²) < 4.78 is 5.24. The molecule has 0 aliphatic heterocycles. The van der Waals surface area contributed by atoms with Gasteiger partial charge in [-0.2, -0.15) is 0 Å². The minimum absolute atomic E-state index is 0. The average Bonchev–Trinajstić information content (AvgIpc) is 2.38. The van der Waals surface area contributed by atoms with Gasteiger partial charge in [0.05, 0.1) is 7.11 Å². The molecule has 0 fully saturated rings. The number of hydrogen-bond acceptors (Lipinski definition) is 2. The third-order valence-electron chi connectivity index (χ3n) is 2.69. The van der Waals surface area contributed by atoms with E-state index >= 15 is 0 Å². The maximum Gasteiger partial charge on any atom is 0.123 e. The van der Waals surface area contributed by atoms with Crippen molar-refractivity contribution in [1.82, 2.24) is 0 Å². The zero-order chi connectivity index (χ0) is 12.3. The summed E-state index contributed by atoms with van der Waals surface area (Å²) in [6.07, 6.45) is 0. The van der Waals surface area contributed by atoms with Crippen LogP contribution in [0.4, 0.5) is 0 Å². The van der Waals surface area contributed by atoms with E-state index < -0.39 is 0 Å². The molecule has 2 aromatic rings. The Hall–Kier alpha value is -1.22. The highest BCUT2D eigenvalue weighted by molar-refractivity contribution is 6.33. The van der Waals surface area contributed by atoms with Crippen molar-refractivity contribution in [2.45, 2.75) is 6.54 Å². The number of ether oxygens (including phenoxy) is 1. The maximum atomic E-state index is 6.17. The summed E-state index contributed by atoms with van der Waals surface area (Å²) in [7, 11) is 1.64. The van der Waals surface area contributed by atoms with Crippen LogP contribution in [0.25, 0.3) is 11.1 Å². The molecule has 2 nitrogen and oxygen atoms in total. The Morgan fingerprint density at radius 1 is 1.17 bits per heavy atom. The van der Waals surface area contributed by atoms with Crippen LogP contribution in [0.15, 0.2) is 42.5 Å². The topological polar surface area (TPSA) is 35.2 Å². The molecule has 0 aliphatic carbocycles. The third kappa shape index (κ3) is 2.96. The van der Waals surface area contributed by atoms with Crippen LogP contribution in [0.5, 0.6) is 5.75 Å². The second-order valence-corrected chi connectivity index (χ2v) is 4.12. The van der Waals surface area contributed by atoms with Gasteiger partial charge >= 0.3 is 0 Å². The van der Waals surface area contributed by atoms with Crippen molar-refractivity contribution < 1.29 is 4.74 Å². The molecule has 0 saturated carbocycles. The Morgan fingerprint density at radius 3 is 2.50 bits per heavy atom. The van der Waals surface area contributed by atoms with Gasteiger partial charge in [0.1, 0.15) is 5.75 Å². The highest BCUT2D eigenvalue weighted by atomic mass is 35.5. The molecule has 0 bridgehead atoms. The zero-order valence-corrected chi connectivity index (χ0v) is 11.6. The minimum atomic E-state index is 0. The Balaban J connectivity index is 0.00000162. The van der Waals surface area contributed by atoms with E-state index in [-0.39, 0.29) is 12.4 Å². The van der Waals surface area contributed by atoms with E-state index in [4.69, 9.17) is 22.1 Å². The summed E-state index contributed by atoms with van der Waals surface area (Å²) in [4.78, 5) is 0. The minimum Gasteiger partial charge on any atom is -0.496 e. The van der Waals surface area contributed by atoms with Crippen molar-refractivity contribution in [1.29, 1.82) is 0 Å². The first-order chi connectivity index (χ1) is 8.26. The molecule has 0 radical (unpaired) electrons. The van der Waals surface area contributed by atoms with Gasteiger partial charge in [-0.1, -0.05) is 35.9 Å². The van der Waals surface area contributed by atoms with Gasteiger partial charge < -0.3 is 10.5 Å². The van der Waals surface area contributed by atoms with Crippen LogP contribution in [0.2, 0.25) is 5.02 Å². The average molecular weight is 284 g/mol. The number of hydrogen-bond donors (Lipinski definition) is 1. The van der Waals surface area contributed by atoms with E-state index in [1.165, 1.54) is 0 Å². The predicted octanol–water partition coefficient (Wildman–Crippen LogP) is 3.90. The molecule has 0 heterocycles. The Morgan fingerprint density at radius 2 is 1.89 bits per heavy atom. The number of methoxy groups -OCH3 is 1. The molecule has 4 heteroatoms. The van der Waals surface area contributed by atoms with Crippen LogP contribution in [-0.4, -0.2) is 7.11 Å². The molecule has 0 atom stereocenters. The fourth-order valence-corrected chi connectivity index (χ4v) is 2.05. The Bertz CT molecular complexity index is 529. The summed E-state index contributed by atoms with van der Waals surface area (Å²) in [5.41, 5.74) is 8.73. The molecular weight excluding hydrogens is 269 g/mol. The molecule has 96 valence electrons. The highest BCUT2D eigenvalue weighted by Crippen LogP contribution is 2.30. The van der Waals surface area contributed by atoms with Gasteiger partial charge in [-0.25, -0.2) is 0 Å².